The zero-order valence-corrected chi connectivity index (χ0v) is 9.46. The van der Waals surface area contributed by atoms with Crippen LogP contribution in [0.25, 0.3) is 6.08 Å². The summed E-state index contributed by atoms with van der Waals surface area (Å²) >= 11 is 0. The fourth-order valence-corrected chi connectivity index (χ4v) is 2.05. The van der Waals surface area contributed by atoms with Crippen molar-refractivity contribution in [3.8, 4) is 0 Å². The number of hydrogen-bond donors (Lipinski definition) is 0. The van der Waals surface area contributed by atoms with Crippen LogP contribution in [0.3, 0.4) is 0 Å². The van der Waals surface area contributed by atoms with Crippen molar-refractivity contribution in [2.75, 3.05) is 6.67 Å². The molecule has 0 N–H and O–H groups in total. The molecule has 1 aromatic rings. The Morgan fingerprint density at radius 3 is 2.65 bits per heavy atom. The predicted molar refractivity (Wildman–Crippen MR) is 62.7 cm³/mol. The first-order valence-corrected chi connectivity index (χ1v) is 5.74. The maximum Gasteiger partial charge on any atom is 0.158 e. The van der Waals surface area contributed by atoms with Crippen molar-refractivity contribution < 1.29 is 13.6 Å². The van der Waals surface area contributed by atoms with Crippen LogP contribution in [0, 0.1) is 11.7 Å². The van der Waals surface area contributed by atoms with E-state index in [2.05, 4.69) is 0 Å². The average molecular weight is 236 g/mol. The molecule has 0 heterocycles. The zero-order chi connectivity index (χ0) is 12.3. The highest BCUT2D eigenvalue weighted by Gasteiger charge is 2.23. The maximum absolute atomic E-state index is 12.7. The van der Waals surface area contributed by atoms with Crippen LogP contribution in [-0.4, -0.2) is 12.5 Å². The highest BCUT2D eigenvalue weighted by Crippen LogP contribution is 2.27. The number of carbonyl (C=O) groups is 1. The van der Waals surface area contributed by atoms with Crippen LogP contribution in [0.2, 0.25) is 0 Å². The minimum atomic E-state index is -0.381. The lowest BCUT2D eigenvalue weighted by atomic mass is 9.84. The van der Waals surface area contributed by atoms with Gasteiger partial charge in [0.2, 0.25) is 0 Å². The Kier molecular flexibility index (Phi) is 3.67. The lowest BCUT2D eigenvalue weighted by Gasteiger charge is -2.20. The Labute approximate surface area is 99.1 Å². The molecule has 0 spiro atoms. The molecule has 17 heavy (non-hydrogen) atoms. The smallest absolute Gasteiger partial charge is 0.158 e. The van der Waals surface area contributed by atoms with Crippen molar-refractivity contribution in [3.05, 3.63) is 41.2 Å². The van der Waals surface area contributed by atoms with E-state index in [9.17, 15) is 13.6 Å². The van der Waals surface area contributed by atoms with Gasteiger partial charge in [-0.15, -0.1) is 0 Å². The highest BCUT2D eigenvalue weighted by atomic mass is 19.1. The van der Waals surface area contributed by atoms with Gasteiger partial charge in [0.25, 0.3) is 0 Å². The van der Waals surface area contributed by atoms with Gasteiger partial charge in [0.05, 0.1) is 6.67 Å². The summed E-state index contributed by atoms with van der Waals surface area (Å²) in [6.07, 6.45) is 3.29. The van der Waals surface area contributed by atoms with E-state index in [1.54, 1.807) is 18.2 Å². The van der Waals surface area contributed by atoms with Crippen LogP contribution < -0.4 is 0 Å². The summed E-state index contributed by atoms with van der Waals surface area (Å²) < 4.78 is 25.3. The first-order valence-electron chi connectivity index (χ1n) is 5.74. The van der Waals surface area contributed by atoms with Gasteiger partial charge in [-0.2, -0.15) is 0 Å². The zero-order valence-electron chi connectivity index (χ0n) is 9.46. The van der Waals surface area contributed by atoms with Crippen molar-refractivity contribution in [1.29, 1.82) is 0 Å². The Morgan fingerprint density at radius 1 is 1.29 bits per heavy atom. The van der Waals surface area contributed by atoms with Gasteiger partial charge in [0.15, 0.2) is 5.78 Å². The maximum atomic E-state index is 12.7. The van der Waals surface area contributed by atoms with Crippen LogP contribution in [-0.2, 0) is 4.79 Å². The van der Waals surface area contributed by atoms with Gasteiger partial charge in [0, 0.05) is 6.42 Å². The first kappa shape index (κ1) is 12.0. The second-order valence-electron chi connectivity index (χ2n) is 4.41. The molecule has 0 bridgehead atoms. The van der Waals surface area contributed by atoms with Gasteiger partial charge in [0.1, 0.15) is 5.82 Å². The molecule has 90 valence electrons. The van der Waals surface area contributed by atoms with Crippen molar-refractivity contribution in [2.45, 2.75) is 19.3 Å². The van der Waals surface area contributed by atoms with Gasteiger partial charge in [-0.1, -0.05) is 12.1 Å². The van der Waals surface area contributed by atoms with E-state index in [1.807, 2.05) is 0 Å². The number of rotatable bonds is 2. The summed E-state index contributed by atoms with van der Waals surface area (Å²) in [5.74, 6) is -0.262. The average Bonchev–Trinajstić information content (AvgIpc) is 2.35. The van der Waals surface area contributed by atoms with Crippen molar-refractivity contribution >= 4 is 11.9 Å². The molecule has 0 aromatic heterocycles. The normalized spacial score (nSPS) is 23.1. The highest BCUT2D eigenvalue weighted by molar-refractivity contribution is 6.00. The quantitative estimate of drug-likeness (QED) is 0.718. The van der Waals surface area contributed by atoms with Gasteiger partial charge in [-0.3, -0.25) is 9.18 Å². The van der Waals surface area contributed by atoms with Crippen LogP contribution in [0.5, 0.6) is 0 Å². The van der Waals surface area contributed by atoms with Crippen molar-refractivity contribution in [2.24, 2.45) is 5.92 Å². The van der Waals surface area contributed by atoms with Gasteiger partial charge >= 0.3 is 0 Å². The number of benzene rings is 1. The van der Waals surface area contributed by atoms with Gasteiger partial charge in [-0.25, -0.2) is 4.39 Å². The van der Waals surface area contributed by atoms with E-state index in [1.165, 1.54) is 12.1 Å². The number of carbonyl (C=O) groups excluding carboxylic acids is 1. The van der Waals surface area contributed by atoms with E-state index in [0.717, 1.165) is 5.56 Å². The number of halogens is 2. The fraction of sp³-hybridized carbons (Fsp3) is 0.357. The Balaban J connectivity index is 2.19. The van der Waals surface area contributed by atoms with Crippen LogP contribution in [0.1, 0.15) is 24.8 Å². The van der Waals surface area contributed by atoms with E-state index in [4.69, 9.17) is 0 Å². The van der Waals surface area contributed by atoms with Gasteiger partial charge in [-0.05, 0) is 48.1 Å². The minimum Gasteiger partial charge on any atom is -0.295 e. The Bertz CT molecular complexity index is 434. The SMILES string of the molecule is O=C1CCC(CF)C/C1=C/c1ccc(F)cc1. The number of hydrogen-bond acceptors (Lipinski definition) is 1. The standard InChI is InChI=1S/C14H14F2O/c15-9-11-3-6-14(17)12(8-11)7-10-1-4-13(16)5-2-10/h1-2,4-5,7,11H,3,6,8-9H2/b12-7-. The number of allylic oxidation sites excluding steroid dienone is 1. The van der Waals surface area contributed by atoms with Crippen molar-refractivity contribution in [3.63, 3.8) is 0 Å². The number of alkyl halides is 1. The summed E-state index contributed by atoms with van der Waals surface area (Å²) in [4.78, 5) is 11.7. The summed E-state index contributed by atoms with van der Waals surface area (Å²) in [7, 11) is 0. The fourth-order valence-electron chi connectivity index (χ4n) is 2.05. The first-order chi connectivity index (χ1) is 8.19. The molecular formula is C14H14F2O. The number of Topliss-reactive ketones (excluding diaryl/α,β-unsaturated/α-hetero) is 1. The molecule has 1 unspecified atom stereocenters. The molecule has 0 aliphatic heterocycles. The largest absolute Gasteiger partial charge is 0.295 e. The Morgan fingerprint density at radius 2 is 2.00 bits per heavy atom. The molecule has 1 atom stereocenters. The molecule has 1 saturated carbocycles. The summed E-state index contributed by atoms with van der Waals surface area (Å²) in [6.45, 7) is -0.381. The summed E-state index contributed by atoms with van der Waals surface area (Å²) in [5, 5.41) is 0. The van der Waals surface area contributed by atoms with E-state index >= 15 is 0 Å². The lowest BCUT2D eigenvalue weighted by Crippen LogP contribution is -2.18. The molecule has 1 fully saturated rings. The molecule has 0 saturated heterocycles. The predicted octanol–water partition coefficient (Wildman–Crippen LogP) is 3.55. The topological polar surface area (TPSA) is 17.1 Å². The van der Waals surface area contributed by atoms with Crippen LogP contribution >= 0.6 is 0 Å². The summed E-state index contributed by atoms with van der Waals surface area (Å²) in [5.41, 5.74) is 1.44. The molecule has 1 nitrogen and oxygen atoms in total. The number of ketones is 1. The monoisotopic (exact) mass is 236 g/mol. The minimum absolute atomic E-state index is 0.0422. The second kappa shape index (κ2) is 5.21. The van der Waals surface area contributed by atoms with E-state index < -0.39 is 0 Å². The van der Waals surface area contributed by atoms with E-state index in [-0.39, 0.29) is 24.2 Å². The second-order valence-corrected chi connectivity index (χ2v) is 4.41. The molecular weight excluding hydrogens is 222 g/mol. The van der Waals surface area contributed by atoms with Crippen LogP contribution in [0.15, 0.2) is 29.8 Å². The third kappa shape index (κ3) is 2.99. The third-order valence-corrected chi connectivity index (χ3v) is 3.08. The third-order valence-electron chi connectivity index (χ3n) is 3.08. The molecule has 1 aliphatic carbocycles. The molecule has 2 rings (SSSR count). The molecule has 0 radical (unpaired) electrons. The summed E-state index contributed by atoms with van der Waals surface area (Å²) in [6, 6.07) is 5.95. The van der Waals surface area contributed by atoms with E-state index in [0.29, 0.717) is 24.8 Å². The Hall–Kier alpha value is -1.51. The van der Waals surface area contributed by atoms with Gasteiger partial charge < -0.3 is 0 Å². The molecule has 3 heteroatoms. The van der Waals surface area contributed by atoms with Crippen LogP contribution in [0.4, 0.5) is 8.78 Å². The molecule has 1 aliphatic rings. The molecule has 0 amide bonds. The van der Waals surface area contributed by atoms with Crippen molar-refractivity contribution in [1.82, 2.24) is 0 Å². The lowest BCUT2D eigenvalue weighted by molar-refractivity contribution is -0.117. The molecule has 1 aromatic carbocycles.